The highest BCUT2D eigenvalue weighted by Crippen LogP contribution is 2.29. The number of thioether (sulfide) groups is 1. The Labute approximate surface area is 207 Å². The Morgan fingerprint density at radius 2 is 1.71 bits per heavy atom. The van der Waals surface area contributed by atoms with E-state index in [1.807, 2.05) is 20.1 Å². The van der Waals surface area contributed by atoms with Gasteiger partial charge in [0.2, 0.25) is 11.8 Å². The van der Waals surface area contributed by atoms with Gasteiger partial charge < -0.3 is 25.8 Å². The van der Waals surface area contributed by atoms with Crippen LogP contribution >= 0.6 is 11.8 Å². The van der Waals surface area contributed by atoms with Gasteiger partial charge in [-0.3, -0.25) is 9.59 Å². The summed E-state index contributed by atoms with van der Waals surface area (Å²) in [6, 6.07) is -1.54. The number of nitrogens with one attached hydrogen (secondary N) is 3. The minimum absolute atomic E-state index is 0.138. The van der Waals surface area contributed by atoms with E-state index in [0.29, 0.717) is 32.2 Å². The number of aliphatic carboxylic acids is 1. The maximum Gasteiger partial charge on any atom is 0.408 e. The molecule has 1 fully saturated rings. The zero-order valence-electron chi connectivity index (χ0n) is 21.4. The lowest BCUT2D eigenvalue weighted by Gasteiger charge is -2.30. The van der Waals surface area contributed by atoms with E-state index in [-0.39, 0.29) is 29.6 Å². The molecule has 0 aromatic carbocycles. The Morgan fingerprint density at radius 1 is 1.09 bits per heavy atom. The van der Waals surface area contributed by atoms with Gasteiger partial charge in [-0.15, -0.1) is 0 Å². The average molecular weight is 502 g/mol. The van der Waals surface area contributed by atoms with Crippen LogP contribution in [0.4, 0.5) is 4.79 Å². The molecule has 0 radical (unpaired) electrons. The monoisotopic (exact) mass is 501 g/mol. The number of amides is 3. The lowest BCUT2D eigenvalue weighted by atomic mass is 9.81. The van der Waals surface area contributed by atoms with Crippen molar-refractivity contribution >= 4 is 35.6 Å². The van der Waals surface area contributed by atoms with Gasteiger partial charge in [-0.1, -0.05) is 20.3 Å². The van der Waals surface area contributed by atoms with Crippen LogP contribution in [0, 0.1) is 17.8 Å². The normalized spacial score (nSPS) is 21.0. The molecule has 1 saturated carbocycles. The van der Waals surface area contributed by atoms with E-state index in [1.165, 1.54) is 0 Å². The van der Waals surface area contributed by atoms with E-state index < -0.39 is 29.7 Å². The Balaban J connectivity index is 2.53. The Kier molecular flexibility index (Phi) is 12.8. The third-order valence-corrected chi connectivity index (χ3v) is 6.82. The average Bonchev–Trinajstić information content (AvgIpc) is 2.76. The largest absolute Gasteiger partial charge is 0.480 e. The molecule has 4 N–H and O–H groups in total. The predicted octanol–water partition coefficient (Wildman–Crippen LogP) is 3.17. The molecule has 0 aromatic rings. The smallest absolute Gasteiger partial charge is 0.408 e. The van der Waals surface area contributed by atoms with Gasteiger partial charge in [0.1, 0.15) is 17.7 Å². The maximum atomic E-state index is 12.7. The van der Waals surface area contributed by atoms with E-state index in [9.17, 15) is 24.3 Å². The number of carboxylic acids is 1. The van der Waals surface area contributed by atoms with Crippen molar-refractivity contribution in [2.24, 2.45) is 17.8 Å². The molecule has 0 aliphatic heterocycles. The topological polar surface area (TPSA) is 134 Å². The van der Waals surface area contributed by atoms with E-state index in [0.717, 1.165) is 18.6 Å². The fourth-order valence-corrected chi connectivity index (χ4v) is 4.38. The number of alkyl carbamates (subject to hydrolysis) is 1. The molecule has 0 heterocycles. The summed E-state index contributed by atoms with van der Waals surface area (Å²) < 4.78 is 5.28. The summed E-state index contributed by atoms with van der Waals surface area (Å²) in [6.07, 6.45) is 5.36. The van der Waals surface area contributed by atoms with Gasteiger partial charge >= 0.3 is 12.1 Å². The van der Waals surface area contributed by atoms with Crippen LogP contribution < -0.4 is 16.0 Å². The van der Waals surface area contributed by atoms with Gasteiger partial charge in [0, 0.05) is 12.5 Å². The van der Waals surface area contributed by atoms with Crippen molar-refractivity contribution in [3.63, 3.8) is 0 Å². The fraction of sp³-hybridized carbons (Fsp3) is 0.833. The van der Waals surface area contributed by atoms with Crippen molar-refractivity contribution in [2.45, 2.75) is 90.8 Å². The molecule has 1 unspecified atom stereocenters. The molecule has 0 bridgehead atoms. The summed E-state index contributed by atoms with van der Waals surface area (Å²) in [5.74, 6) is -0.827. The van der Waals surface area contributed by atoms with Gasteiger partial charge in [-0.2, -0.15) is 11.8 Å². The summed E-state index contributed by atoms with van der Waals surface area (Å²) in [7, 11) is 0. The van der Waals surface area contributed by atoms with Crippen LogP contribution in [0.2, 0.25) is 0 Å². The van der Waals surface area contributed by atoms with Gasteiger partial charge in [0.15, 0.2) is 0 Å². The Hall–Kier alpha value is -1.97. The van der Waals surface area contributed by atoms with Gasteiger partial charge in [0.25, 0.3) is 0 Å². The van der Waals surface area contributed by atoms with Crippen molar-refractivity contribution in [3.8, 4) is 0 Å². The molecule has 1 aliphatic carbocycles. The van der Waals surface area contributed by atoms with Crippen molar-refractivity contribution in [2.75, 3.05) is 18.6 Å². The van der Waals surface area contributed by atoms with Gasteiger partial charge in [-0.05, 0) is 76.7 Å². The van der Waals surface area contributed by atoms with E-state index in [2.05, 4.69) is 16.0 Å². The summed E-state index contributed by atoms with van der Waals surface area (Å²) in [5, 5.41) is 17.7. The first kappa shape index (κ1) is 30.1. The Bertz CT molecular complexity index is 689. The number of ether oxygens (including phenoxy) is 1. The maximum absolute atomic E-state index is 12.7. The van der Waals surface area contributed by atoms with E-state index in [1.54, 1.807) is 32.5 Å². The van der Waals surface area contributed by atoms with Crippen molar-refractivity contribution < 1.29 is 29.0 Å². The second kappa shape index (κ2) is 14.4. The minimum atomic E-state index is -1.00. The molecular weight excluding hydrogens is 458 g/mol. The van der Waals surface area contributed by atoms with Crippen molar-refractivity contribution in [3.05, 3.63) is 0 Å². The van der Waals surface area contributed by atoms with Crippen molar-refractivity contribution in [1.29, 1.82) is 0 Å². The van der Waals surface area contributed by atoms with Crippen LogP contribution in [-0.4, -0.2) is 65.2 Å². The van der Waals surface area contributed by atoms with Crippen LogP contribution in [0.15, 0.2) is 0 Å². The quantitative estimate of drug-likeness (QED) is 0.323. The standard InChI is InChI=1S/C24H43N3O6S/c1-7-15(2)19(22(30)31)27-20(28)17-10-8-16(9-11-17)14-25-21(29)18(12-13-34-6)26-23(32)33-24(3,4)5/h15-19H,7-14H2,1-6H3,(H,25,29)(H,26,32)(H,27,28)(H,30,31)/t15?,16?,17?,18-,19-/m0/s1. The third-order valence-electron chi connectivity index (χ3n) is 6.18. The van der Waals surface area contributed by atoms with Crippen LogP contribution in [0.5, 0.6) is 0 Å². The SMILES string of the molecule is CCC(C)[C@H](NC(=O)C1CCC(CNC(=O)[C@H](CCSC)NC(=O)OC(C)(C)C)CC1)C(=O)O. The molecule has 34 heavy (non-hydrogen) atoms. The number of hydrogen-bond donors (Lipinski definition) is 4. The first-order valence-electron chi connectivity index (χ1n) is 12.2. The summed E-state index contributed by atoms with van der Waals surface area (Å²) in [6.45, 7) is 9.51. The van der Waals surface area contributed by atoms with E-state index >= 15 is 0 Å². The first-order chi connectivity index (χ1) is 15.9. The molecule has 9 nitrogen and oxygen atoms in total. The number of hydrogen-bond acceptors (Lipinski definition) is 6. The molecule has 3 atom stereocenters. The summed E-state index contributed by atoms with van der Waals surface area (Å²) >= 11 is 1.60. The number of carbonyl (C=O) groups is 4. The van der Waals surface area contributed by atoms with Crippen LogP contribution in [0.25, 0.3) is 0 Å². The second-order valence-electron chi connectivity index (χ2n) is 10.2. The van der Waals surface area contributed by atoms with Crippen LogP contribution in [0.3, 0.4) is 0 Å². The highest BCUT2D eigenvalue weighted by Gasteiger charge is 2.32. The number of rotatable bonds is 12. The molecular formula is C24H43N3O6S. The first-order valence-corrected chi connectivity index (χ1v) is 13.6. The molecule has 1 rings (SSSR count). The Morgan fingerprint density at radius 3 is 2.21 bits per heavy atom. The minimum Gasteiger partial charge on any atom is -0.480 e. The van der Waals surface area contributed by atoms with Crippen molar-refractivity contribution in [1.82, 2.24) is 16.0 Å². The van der Waals surface area contributed by atoms with E-state index in [4.69, 9.17) is 4.74 Å². The molecule has 3 amide bonds. The van der Waals surface area contributed by atoms with Gasteiger partial charge in [-0.25, -0.2) is 9.59 Å². The molecule has 0 aromatic heterocycles. The number of carbonyl (C=O) groups excluding carboxylic acids is 3. The third kappa shape index (κ3) is 11.0. The lowest BCUT2D eigenvalue weighted by Crippen LogP contribution is -2.50. The molecule has 196 valence electrons. The molecule has 0 spiro atoms. The second-order valence-corrected chi connectivity index (χ2v) is 11.1. The molecule has 1 aliphatic rings. The highest BCUT2D eigenvalue weighted by molar-refractivity contribution is 7.98. The zero-order chi connectivity index (χ0) is 25.9. The highest BCUT2D eigenvalue weighted by atomic mass is 32.2. The lowest BCUT2D eigenvalue weighted by molar-refractivity contribution is -0.144. The summed E-state index contributed by atoms with van der Waals surface area (Å²) in [4.78, 5) is 48.9. The molecule has 0 saturated heterocycles. The number of carboxylic acid groups (broad SMARTS) is 1. The van der Waals surface area contributed by atoms with Crippen LogP contribution in [0.1, 0.15) is 73.1 Å². The zero-order valence-corrected chi connectivity index (χ0v) is 22.3. The van der Waals surface area contributed by atoms with Gasteiger partial charge in [0.05, 0.1) is 0 Å². The van der Waals surface area contributed by atoms with Crippen LogP contribution in [-0.2, 0) is 19.1 Å². The summed E-state index contributed by atoms with van der Waals surface area (Å²) in [5.41, 5.74) is -0.644. The fourth-order valence-electron chi connectivity index (χ4n) is 3.91. The molecule has 10 heteroatoms. The predicted molar refractivity (Wildman–Crippen MR) is 134 cm³/mol.